The summed E-state index contributed by atoms with van der Waals surface area (Å²) in [7, 11) is 0. The molecular weight excluding hydrogens is 658 g/mol. The van der Waals surface area contributed by atoms with E-state index in [2.05, 4.69) is 26.8 Å². The van der Waals surface area contributed by atoms with Gasteiger partial charge in [-0.15, -0.1) is 0 Å². The maximum atomic E-state index is 14.3. The van der Waals surface area contributed by atoms with Gasteiger partial charge in [-0.3, -0.25) is 15.0 Å². The standard InChI is InChI=1S/C34H38BrN3O8/c1-33(2,3)46-29(40)15-16-34(32(41)38-36-20-22-5-14-27-28(19-22)44-21-43-27)30(23-6-10-25(35)11-7-23)45-31(37-34)24-8-12-26(13-9-24)42-18-4-17-39/h5-14,19,30,36,39H,4,15-18,20-21H2,1-3H3,(H,38,41)/t30-,34-/m0/s1. The van der Waals surface area contributed by atoms with Gasteiger partial charge in [-0.2, -0.15) is 0 Å². The highest BCUT2D eigenvalue weighted by molar-refractivity contribution is 9.10. The van der Waals surface area contributed by atoms with Crippen LogP contribution in [0.5, 0.6) is 17.2 Å². The Bertz CT molecular complexity index is 1560. The van der Waals surface area contributed by atoms with Gasteiger partial charge in [0.05, 0.1) is 6.61 Å². The molecule has 0 saturated heterocycles. The molecule has 46 heavy (non-hydrogen) atoms. The van der Waals surface area contributed by atoms with Crippen molar-refractivity contribution in [2.75, 3.05) is 20.0 Å². The number of rotatable bonds is 13. The summed E-state index contributed by atoms with van der Waals surface area (Å²) in [5.41, 5.74) is 5.83. The number of carbonyl (C=O) groups is 2. The molecule has 3 aromatic carbocycles. The van der Waals surface area contributed by atoms with Crippen LogP contribution in [0.3, 0.4) is 0 Å². The third-order valence-corrected chi connectivity index (χ3v) is 7.79. The maximum absolute atomic E-state index is 14.3. The van der Waals surface area contributed by atoms with Crippen LogP contribution >= 0.6 is 15.9 Å². The number of aliphatic hydroxyl groups excluding tert-OH is 1. The van der Waals surface area contributed by atoms with Crippen LogP contribution in [0.25, 0.3) is 0 Å². The predicted octanol–water partition coefficient (Wildman–Crippen LogP) is 5.14. The minimum Gasteiger partial charge on any atom is -0.494 e. The van der Waals surface area contributed by atoms with Crippen LogP contribution in [0.15, 0.2) is 76.2 Å². The molecule has 0 spiro atoms. The van der Waals surface area contributed by atoms with Crippen LogP contribution in [-0.2, 0) is 25.6 Å². The Morgan fingerprint density at radius 3 is 2.50 bits per heavy atom. The molecule has 12 heteroatoms. The number of nitrogens with one attached hydrogen (secondary N) is 2. The average Bonchev–Trinajstić information content (AvgIpc) is 3.66. The van der Waals surface area contributed by atoms with Crippen molar-refractivity contribution in [2.45, 2.75) is 63.8 Å². The van der Waals surface area contributed by atoms with E-state index < -0.39 is 29.1 Å². The first kappa shape index (κ1) is 33.2. The van der Waals surface area contributed by atoms with E-state index in [1.807, 2.05) is 42.5 Å². The monoisotopic (exact) mass is 695 g/mol. The lowest BCUT2D eigenvalue weighted by Crippen LogP contribution is -2.52. The maximum Gasteiger partial charge on any atom is 0.306 e. The highest BCUT2D eigenvalue weighted by atomic mass is 79.9. The van der Waals surface area contributed by atoms with Crippen molar-refractivity contribution in [1.82, 2.24) is 10.9 Å². The molecule has 11 nitrogen and oxygen atoms in total. The third kappa shape index (κ3) is 8.17. The van der Waals surface area contributed by atoms with E-state index in [9.17, 15) is 9.59 Å². The fraction of sp³-hybridized carbons (Fsp3) is 0.382. The van der Waals surface area contributed by atoms with Crippen molar-refractivity contribution in [3.63, 3.8) is 0 Å². The number of amides is 1. The smallest absolute Gasteiger partial charge is 0.306 e. The topological polar surface area (TPSA) is 137 Å². The number of hydrogen-bond donors (Lipinski definition) is 3. The largest absolute Gasteiger partial charge is 0.494 e. The molecular formula is C34H38BrN3O8. The van der Waals surface area contributed by atoms with Gasteiger partial charge in [0.2, 0.25) is 12.7 Å². The number of hydrazine groups is 1. The highest BCUT2D eigenvalue weighted by Gasteiger charge is 2.53. The Morgan fingerprint density at radius 1 is 1.04 bits per heavy atom. The van der Waals surface area contributed by atoms with Crippen LogP contribution in [-0.4, -0.2) is 54.0 Å². The van der Waals surface area contributed by atoms with Crippen molar-refractivity contribution in [1.29, 1.82) is 0 Å². The fourth-order valence-electron chi connectivity index (χ4n) is 5.08. The Kier molecular flexibility index (Phi) is 10.5. The Labute approximate surface area is 276 Å². The molecule has 5 rings (SSSR count). The summed E-state index contributed by atoms with van der Waals surface area (Å²) in [5.74, 6) is 1.27. The van der Waals surface area contributed by atoms with Crippen molar-refractivity contribution in [3.8, 4) is 17.2 Å². The summed E-state index contributed by atoms with van der Waals surface area (Å²) < 4.78 is 29.5. The molecule has 0 aromatic heterocycles. The summed E-state index contributed by atoms with van der Waals surface area (Å²) in [4.78, 5) is 32.1. The number of esters is 1. The molecule has 0 bridgehead atoms. The number of aliphatic imine (C=N–C) groups is 1. The van der Waals surface area contributed by atoms with Crippen LogP contribution in [0.2, 0.25) is 0 Å². The van der Waals surface area contributed by atoms with Crippen molar-refractivity contribution >= 4 is 33.7 Å². The lowest BCUT2D eigenvalue weighted by Gasteiger charge is -2.31. The second-order valence-corrected chi connectivity index (χ2v) is 12.8. The molecule has 3 aromatic rings. The van der Waals surface area contributed by atoms with Gasteiger partial charge in [0.25, 0.3) is 5.91 Å². The number of carbonyl (C=O) groups excluding carboxylic acids is 2. The lowest BCUT2D eigenvalue weighted by atomic mass is 9.83. The fourth-order valence-corrected chi connectivity index (χ4v) is 5.34. The molecule has 1 amide bonds. The predicted molar refractivity (Wildman–Crippen MR) is 174 cm³/mol. The zero-order chi connectivity index (χ0) is 32.7. The molecule has 2 heterocycles. The van der Waals surface area contributed by atoms with Crippen molar-refractivity contribution < 1.29 is 38.4 Å². The first-order chi connectivity index (χ1) is 22.1. The number of nitrogens with zero attached hydrogens (tertiary/aromatic N) is 1. The van der Waals surface area contributed by atoms with Gasteiger partial charge in [0.15, 0.2) is 23.1 Å². The van der Waals surface area contributed by atoms with Gasteiger partial charge in [-0.05, 0) is 86.8 Å². The SMILES string of the molecule is CC(C)(C)OC(=O)CC[C@]1(C(=O)NNCc2ccc3c(c2)OCO3)N=C(c2ccc(OCCCO)cc2)O[C@H]1c1ccc(Br)cc1. The minimum atomic E-state index is -1.53. The summed E-state index contributed by atoms with van der Waals surface area (Å²) in [5, 5.41) is 9.05. The molecule has 0 saturated carbocycles. The molecule has 0 unspecified atom stereocenters. The normalized spacial score (nSPS) is 18.5. The van der Waals surface area contributed by atoms with Crippen LogP contribution in [0, 0.1) is 0 Å². The van der Waals surface area contributed by atoms with E-state index in [-0.39, 0.29) is 32.1 Å². The molecule has 3 N–H and O–H groups in total. The second kappa shape index (κ2) is 14.5. The zero-order valence-electron chi connectivity index (χ0n) is 26.0. The average molecular weight is 697 g/mol. The van der Waals surface area contributed by atoms with E-state index >= 15 is 0 Å². The van der Waals surface area contributed by atoms with E-state index in [1.165, 1.54) is 0 Å². The van der Waals surface area contributed by atoms with Gasteiger partial charge >= 0.3 is 5.97 Å². The summed E-state index contributed by atoms with van der Waals surface area (Å²) in [6.07, 6.45) is -0.389. The number of aliphatic hydroxyl groups is 1. The van der Waals surface area contributed by atoms with Crippen LogP contribution in [0.4, 0.5) is 0 Å². The van der Waals surface area contributed by atoms with E-state index in [0.29, 0.717) is 47.9 Å². The molecule has 0 fully saturated rings. The highest BCUT2D eigenvalue weighted by Crippen LogP contribution is 2.43. The number of hydrogen-bond acceptors (Lipinski definition) is 10. The lowest BCUT2D eigenvalue weighted by molar-refractivity contribution is -0.155. The van der Waals surface area contributed by atoms with E-state index in [4.69, 9.17) is 33.8 Å². The molecule has 2 aliphatic rings. The number of benzene rings is 3. The Morgan fingerprint density at radius 2 is 1.78 bits per heavy atom. The van der Waals surface area contributed by atoms with Crippen LogP contribution < -0.4 is 25.1 Å². The molecule has 2 atom stereocenters. The van der Waals surface area contributed by atoms with Gasteiger partial charge in [0, 0.05) is 36.0 Å². The molecule has 244 valence electrons. The minimum absolute atomic E-state index is 0.0199. The number of ether oxygens (including phenoxy) is 5. The summed E-state index contributed by atoms with van der Waals surface area (Å²) in [6, 6.07) is 20.1. The third-order valence-electron chi connectivity index (χ3n) is 7.26. The number of halogens is 1. The van der Waals surface area contributed by atoms with Crippen molar-refractivity contribution in [3.05, 3.63) is 87.9 Å². The summed E-state index contributed by atoms with van der Waals surface area (Å²) in [6.45, 7) is 6.27. The van der Waals surface area contributed by atoms with E-state index in [1.54, 1.807) is 45.0 Å². The number of fused-ring (bicyclic) bond motifs is 1. The molecule has 0 aliphatic carbocycles. The van der Waals surface area contributed by atoms with E-state index in [0.717, 1.165) is 10.0 Å². The quantitative estimate of drug-likeness (QED) is 0.126. The second-order valence-electron chi connectivity index (χ2n) is 11.9. The van der Waals surface area contributed by atoms with Gasteiger partial charge in [-0.25, -0.2) is 10.4 Å². The first-order valence-corrected chi connectivity index (χ1v) is 15.9. The Hall–Kier alpha value is -4.13. The van der Waals surface area contributed by atoms with Gasteiger partial charge in [0.1, 0.15) is 11.4 Å². The summed E-state index contributed by atoms with van der Waals surface area (Å²) >= 11 is 3.48. The zero-order valence-corrected chi connectivity index (χ0v) is 27.6. The Balaban J connectivity index is 1.44. The molecule has 0 radical (unpaired) electrons. The van der Waals surface area contributed by atoms with Crippen LogP contribution in [0.1, 0.15) is 62.8 Å². The van der Waals surface area contributed by atoms with Gasteiger partial charge in [-0.1, -0.05) is 34.1 Å². The van der Waals surface area contributed by atoms with Crippen molar-refractivity contribution in [2.24, 2.45) is 4.99 Å². The first-order valence-electron chi connectivity index (χ1n) is 15.1. The molecule has 2 aliphatic heterocycles. The van der Waals surface area contributed by atoms with Gasteiger partial charge < -0.3 is 28.8 Å².